The number of aryl methyl sites for hydroxylation is 1. The SMILES string of the molecule is Cn1ccc(C(N)C2CCSC2)n1. The second-order valence-corrected chi connectivity index (χ2v) is 4.71. The molecule has 1 aliphatic rings. The quantitative estimate of drug-likeness (QED) is 0.774. The van der Waals surface area contributed by atoms with Gasteiger partial charge in [-0.2, -0.15) is 16.9 Å². The van der Waals surface area contributed by atoms with Crippen LogP contribution < -0.4 is 5.73 Å². The van der Waals surface area contributed by atoms with Crippen LogP contribution in [0.3, 0.4) is 0 Å². The van der Waals surface area contributed by atoms with Crippen molar-refractivity contribution in [3.8, 4) is 0 Å². The Labute approximate surface area is 82.7 Å². The molecule has 2 atom stereocenters. The van der Waals surface area contributed by atoms with Gasteiger partial charge in [0.25, 0.3) is 0 Å². The Bertz CT molecular complexity index is 278. The minimum absolute atomic E-state index is 0.135. The van der Waals surface area contributed by atoms with Crippen molar-refractivity contribution in [1.82, 2.24) is 9.78 Å². The van der Waals surface area contributed by atoms with E-state index in [-0.39, 0.29) is 6.04 Å². The topological polar surface area (TPSA) is 43.8 Å². The molecule has 1 saturated heterocycles. The van der Waals surface area contributed by atoms with Gasteiger partial charge in [0.1, 0.15) is 0 Å². The maximum atomic E-state index is 6.12. The molecule has 2 heterocycles. The van der Waals surface area contributed by atoms with Gasteiger partial charge < -0.3 is 5.73 Å². The lowest BCUT2D eigenvalue weighted by Crippen LogP contribution is -2.21. The van der Waals surface area contributed by atoms with Crippen molar-refractivity contribution in [3.63, 3.8) is 0 Å². The molecule has 0 saturated carbocycles. The first-order chi connectivity index (χ1) is 6.27. The molecule has 4 heteroatoms. The zero-order chi connectivity index (χ0) is 9.26. The Hall–Kier alpha value is -0.480. The van der Waals surface area contributed by atoms with Crippen LogP contribution in [0.4, 0.5) is 0 Å². The first kappa shape index (κ1) is 9.09. The molecule has 1 fully saturated rings. The maximum absolute atomic E-state index is 6.12. The van der Waals surface area contributed by atoms with Gasteiger partial charge >= 0.3 is 0 Å². The molecule has 0 spiro atoms. The molecule has 0 amide bonds. The first-order valence-corrected chi connectivity index (χ1v) is 5.75. The molecule has 1 aromatic heterocycles. The summed E-state index contributed by atoms with van der Waals surface area (Å²) in [6.07, 6.45) is 3.19. The number of nitrogens with zero attached hydrogens (tertiary/aromatic N) is 2. The van der Waals surface area contributed by atoms with Gasteiger partial charge in [0.15, 0.2) is 0 Å². The van der Waals surface area contributed by atoms with E-state index in [0.717, 1.165) is 5.69 Å². The Morgan fingerprint density at radius 2 is 2.62 bits per heavy atom. The van der Waals surface area contributed by atoms with Crippen molar-refractivity contribution in [2.45, 2.75) is 12.5 Å². The third kappa shape index (κ3) is 1.89. The van der Waals surface area contributed by atoms with Crippen LogP contribution in [0.1, 0.15) is 18.2 Å². The number of thioether (sulfide) groups is 1. The number of hydrogen-bond donors (Lipinski definition) is 1. The van der Waals surface area contributed by atoms with E-state index in [9.17, 15) is 0 Å². The average Bonchev–Trinajstić information content (AvgIpc) is 2.72. The highest BCUT2D eigenvalue weighted by Crippen LogP contribution is 2.31. The smallest absolute Gasteiger partial charge is 0.0794 e. The van der Waals surface area contributed by atoms with E-state index in [2.05, 4.69) is 5.10 Å². The largest absolute Gasteiger partial charge is 0.322 e. The van der Waals surface area contributed by atoms with Crippen LogP contribution in [0.5, 0.6) is 0 Å². The van der Waals surface area contributed by atoms with Crippen LogP contribution in [0, 0.1) is 5.92 Å². The monoisotopic (exact) mass is 197 g/mol. The van der Waals surface area contributed by atoms with Crippen LogP contribution in [-0.2, 0) is 7.05 Å². The zero-order valence-electron chi connectivity index (χ0n) is 7.81. The van der Waals surface area contributed by atoms with Gasteiger partial charge in [-0.15, -0.1) is 0 Å². The predicted molar refractivity (Wildman–Crippen MR) is 55.6 cm³/mol. The molecule has 0 bridgehead atoms. The van der Waals surface area contributed by atoms with Gasteiger partial charge in [0.2, 0.25) is 0 Å². The Balaban J connectivity index is 2.07. The number of rotatable bonds is 2. The molecule has 2 unspecified atom stereocenters. The van der Waals surface area contributed by atoms with E-state index in [1.807, 2.05) is 35.8 Å². The Morgan fingerprint density at radius 3 is 3.15 bits per heavy atom. The molecular weight excluding hydrogens is 182 g/mol. The third-order valence-electron chi connectivity index (χ3n) is 2.55. The maximum Gasteiger partial charge on any atom is 0.0794 e. The lowest BCUT2D eigenvalue weighted by atomic mass is 9.98. The van der Waals surface area contributed by atoms with Gasteiger partial charge in [-0.1, -0.05) is 0 Å². The van der Waals surface area contributed by atoms with Crippen molar-refractivity contribution in [1.29, 1.82) is 0 Å². The van der Waals surface area contributed by atoms with E-state index in [1.54, 1.807) is 0 Å². The van der Waals surface area contributed by atoms with Crippen molar-refractivity contribution in [3.05, 3.63) is 18.0 Å². The van der Waals surface area contributed by atoms with Gasteiger partial charge in [-0.3, -0.25) is 4.68 Å². The minimum atomic E-state index is 0.135. The van der Waals surface area contributed by atoms with Crippen molar-refractivity contribution >= 4 is 11.8 Å². The van der Waals surface area contributed by atoms with Crippen molar-refractivity contribution in [2.75, 3.05) is 11.5 Å². The van der Waals surface area contributed by atoms with Crippen LogP contribution in [0.15, 0.2) is 12.3 Å². The lowest BCUT2D eigenvalue weighted by molar-refractivity contribution is 0.468. The van der Waals surface area contributed by atoms with Crippen molar-refractivity contribution in [2.24, 2.45) is 18.7 Å². The fraction of sp³-hybridized carbons (Fsp3) is 0.667. The summed E-state index contributed by atoms with van der Waals surface area (Å²) in [6, 6.07) is 2.16. The molecule has 0 aromatic carbocycles. The number of nitrogens with two attached hydrogens (primary N) is 1. The van der Waals surface area contributed by atoms with Crippen LogP contribution in [0.25, 0.3) is 0 Å². The second kappa shape index (κ2) is 3.72. The Kier molecular flexibility index (Phi) is 2.60. The van der Waals surface area contributed by atoms with Crippen LogP contribution in [0.2, 0.25) is 0 Å². The van der Waals surface area contributed by atoms with E-state index in [1.165, 1.54) is 17.9 Å². The second-order valence-electron chi connectivity index (χ2n) is 3.56. The van der Waals surface area contributed by atoms with E-state index in [0.29, 0.717) is 5.92 Å². The molecule has 0 aliphatic carbocycles. The molecule has 0 radical (unpaired) electrons. The fourth-order valence-corrected chi connectivity index (χ4v) is 3.00. The number of hydrogen-bond acceptors (Lipinski definition) is 3. The zero-order valence-corrected chi connectivity index (χ0v) is 8.63. The summed E-state index contributed by atoms with van der Waals surface area (Å²) in [4.78, 5) is 0. The van der Waals surface area contributed by atoms with E-state index in [4.69, 9.17) is 5.73 Å². The molecular formula is C9H15N3S. The normalized spacial score (nSPS) is 24.9. The van der Waals surface area contributed by atoms with Gasteiger partial charge in [-0.25, -0.2) is 0 Å². The van der Waals surface area contributed by atoms with Crippen LogP contribution in [-0.4, -0.2) is 21.3 Å². The molecule has 2 rings (SSSR count). The van der Waals surface area contributed by atoms with Gasteiger partial charge in [0.05, 0.1) is 11.7 Å². The van der Waals surface area contributed by atoms with Gasteiger partial charge in [0, 0.05) is 13.2 Å². The molecule has 2 N–H and O–H groups in total. The number of aromatic nitrogens is 2. The molecule has 72 valence electrons. The van der Waals surface area contributed by atoms with E-state index < -0.39 is 0 Å². The summed E-state index contributed by atoms with van der Waals surface area (Å²) in [5, 5.41) is 4.34. The van der Waals surface area contributed by atoms with E-state index >= 15 is 0 Å². The highest BCUT2D eigenvalue weighted by molar-refractivity contribution is 7.99. The average molecular weight is 197 g/mol. The summed E-state index contributed by atoms with van der Waals surface area (Å²) in [5.41, 5.74) is 7.16. The summed E-state index contributed by atoms with van der Waals surface area (Å²) in [7, 11) is 1.93. The first-order valence-electron chi connectivity index (χ1n) is 4.60. The summed E-state index contributed by atoms with van der Waals surface area (Å²) >= 11 is 2.00. The minimum Gasteiger partial charge on any atom is -0.322 e. The highest BCUT2D eigenvalue weighted by Gasteiger charge is 2.24. The summed E-state index contributed by atoms with van der Waals surface area (Å²) in [6.45, 7) is 0. The molecule has 3 nitrogen and oxygen atoms in total. The molecule has 1 aromatic rings. The molecule has 13 heavy (non-hydrogen) atoms. The highest BCUT2D eigenvalue weighted by atomic mass is 32.2. The fourth-order valence-electron chi connectivity index (χ4n) is 1.69. The predicted octanol–water partition coefficient (Wildman–Crippen LogP) is 1.17. The van der Waals surface area contributed by atoms with Crippen LogP contribution >= 0.6 is 11.8 Å². The van der Waals surface area contributed by atoms with Crippen molar-refractivity contribution < 1.29 is 0 Å². The standard InChI is InChI=1S/C9H15N3S/c1-12-4-2-8(11-12)9(10)7-3-5-13-6-7/h2,4,7,9H,3,5-6,10H2,1H3. The lowest BCUT2D eigenvalue weighted by Gasteiger charge is -2.15. The Morgan fingerprint density at radius 1 is 1.77 bits per heavy atom. The third-order valence-corrected chi connectivity index (χ3v) is 3.74. The summed E-state index contributed by atoms with van der Waals surface area (Å²) in [5.74, 6) is 3.07. The van der Waals surface area contributed by atoms with Gasteiger partial charge in [-0.05, 0) is 29.9 Å². The summed E-state index contributed by atoms with van der Waals surface area (Å²) < 4.78 is 1.82. The molecule has 1 aliphatic heterocycles.